The summed E-state index contributed by atoms with van der Waals surface area (Å²) < 4.78 is 0. The second kappa shape index (κ2) is 6.23. The normalized spacial score (nSPS) is 17.3. The van der Waals surface area contributed by atoms with Crippen molar-refractivity contribution in [2.24, 2.45) is 0 Å². The fraction of sp³-hybridized carbons (Fsp3) is 0.312. The Morgan fingerprint density at radius 3 is 3.12 bits per heavy atom. The molecule has 1 atom stereocenters. The number of carbonyl (C=O) groups is 1. The molecule has 1 amide bonds. The van der Waals surface area contributed by atoms with Crippen molar-refractivity contribution in [1.29, 1.82) is 0 Å². The number of nitrogens with zero attached hydrogens (tertiary/aromatic N) is 5. The van der Waals surface area contributed by atoms with E-state index in [4.69, 9.17) is 0 Å². The van der Waals surface area contributed by atoms with Gasteiger partial charge >= 0.3 is 0 Å². The van der Waals surface area contributed by atoms with E-state index in [1.165, 1.54) is 0 Å². The number of benzene rings is 1. The minimum atomic E-state index is -0.227. The van der Waals surface area contributed by atoms with Crippen molar-refractivity contribution in [3.8, 4) is 0 Å². The van der Waals surface area contributed by atoms with E-state index in [-0.39, 0.29) is 11.9 Å². The second-order valence-corrected chi connectivity index (χ2v) is 5.74. The number of fused-ring (bicyclic) bond motifs is 1. The van der Waals surface area contributed by atoms with Gasteiger partial charge in [0.2, 0.25) is 5.91 Å². The van der Waals surface area contributed by atoms with Crippen LogP contribution in [0.2, 0.25) is 0 Å². The Hall–Kier alpha value is -3.03. The fourth-order valence-electron chi connectivity index (χ4n) is 3.12. The summed E-state index contributed by atoms with van der Waals surface area (Å²) in [6.45, 7) is 1.17. The summed E-state index contributed by atoms with van der Waals surface area (Å²) in [6.07, 6.45) is 4.92. The van der Waals surface area contributed by atoms with Gasteiger partial charge in [0.1, 0.15) is 23.9 Å². The number of hydrogen-bond acceptors (Lipinski definition) is 6. The van der Waals surface area contributed by atoms with Crippen molar-refractivity contribution in [3.05, 3.63) is 42.5 Å². The highest BCUT2D eigenvalue weighted by Gasteiger charge is 2.32. The summed E-state index contributed by atoms with van der Waals surface area (Å²) in [4.78, 5) is 23.4. The summed E-state index contributed by atoms with van der Waals surface area (Å²) in [5.74, 6) is 0.804. The predicted molar refractivity (Wildman–Crippen MR) is 88.1 cm³/mol. The Morgan fingerprint density at radius 2 is 2.25 bits per heavy atom. The van der Waals surface area contributed by atoms with Gasteiger partial charge < -0.3 is 10.2 Å². The van der Waals surface area contributed by atoms with Crippen LogP contribution in [0.15, 0.2) is 36.8 Å². The van der Waals surface area contributed by atoms with Crippen molar-refractivity contribution >= 4 is 22.6 Å². The first-order chi connectivity index (χ1) is 11.8. The molecule has 1 aliphatic rings. The van der Waals surface area contributed by atoms with Crippen molar-refractivity contribution in [3.63, 3.8) is 0 Å². The maximum atomic E-state index is 12.6. The molecule has 0 spiro atoms. The van der Waals surface area contributed by atoms with Crippen LogP contribution in [-0.4, -0.2) is 43.9 Å². The lowest BCUT2D eigenvalue weighted by molar-refractivity contribution is -0.122. The Morgan fingerprint density at radius 1 is 1.33 bits per heavy atom. The van der Waals surface area contributed by atoms with Gasteiger partial charge in [0, 0.05) is 11.9 Å². The monoisotopic (exact) mass is 323 g/mol. The van der Waals surface area contributed by atoms with E-state index in [0.717, 1.165) is 36.1 Å². The van der Waals surface area contributed by atoms with Gasteiger partial charge in [-0.2, -0.15) is 15.4 Å². The molecule has 2 aromatic heterocycles. The highest BCUT2D eigenvalue weighted by atomic mass is 16.2. The molecule has 1 aliphatic heterocycles. The van der Waals surface area contributed by atoms with Gasteiger partial charge in [-0.15, -0.1) is 0 Å². The van der Waals surface area contributed by atoms with Crippen LogP contribution in [0.3, 0.4) is 0 Å². The number of aromatic amines is 1. The molecule has 1 saturated heterocycles. The average molecular weight is 323 g/mol. The topological polar surface area (TPSA) is 99.7 Å². The lowest BCUT2D eigenvalue weighted by Crippen LogP contribution is -2.43. The molecular formula is C16H17N7O. The maximum Gasteiger partial charge on any atom is 0.243 e. The third kappa shape index (κ3) is 2.66. The molecule has 1 fully saturated rings. The number of rotatable bonds is 4. The van der Waals surface area contributed by atoms with Gasteiger partial charge in [-0.05, 0) is 25.0 Å². The molecule has 2 N–H and O–H groups in total. The SMILES string of the molecule is O=C(NCc1cn[nH]n1)[C@@H]1CCCN1c1ncnc2ccccc12. The molecule has 3 aromatic rings. The van der Waals surface area contributed by atoms with E-state index in [1.807, 2.05) is 24.3 Å². The Bertz CT molecular complexity index is 843. The van der Waals surface area contributed by atoms with E-state index >= 15 is 0 Å². The van der Waals surface area contributed by atoms with Crippen LogP contribution in [0.25, 0.3) is 10.9 Å². The number of anilines is 1. The summed E-state index contributed by atoms with van der Waals surface area (Å²) in [7, 11) is 0. The smallest absolute Gasteiger partial charge is 0.243 e. The molecular weight excluding hydrogens is 306 g/mol. The lowest BCUT2D eigenvalue weighted by Gasteiger charge is -2.25. The highest BCUT2D eigenvalue weighted by molar-refractivity contribution is 5.93. The molecule has 0 radical (unpaired) electrons. The van der Waals surface area contributed by atoms with E-state index in [2.05, 4.69) is 35.6 Å². The number of para-hydroxylation sites is 1. The predicted octanol–water partition coefficient (Wildman–Crippen LogP) is 1.03. The second-order valence-electron chi connectivity index (χ2n) is 5.74. The van der Waals surface area contributed by atoms with Crippen molar-refractivity contribution < 1.29 is 4.79 Å². The van der Waals surface area contributed by atoms with Gasteiger partial charge in [0.25, 0.3) is 0 Å². The molecule has 8 nitrogen and oxygen atoms in total. The molecule has 0 aliphatic carbocycles. The van der Waals surface area contributed by atoms with Crippen LogP contribution < -0.4 is 10.2 Å². The molecule has 122 valence electrons. The van der Waals surface area contributed by atoms with Gasteiger partial charge in [0.05, 0.1) is 18.3 Å². The molecule has 3 heterocycles. The number of hydrogen-bond donors (Lipinski definition) is 2. The lowest BCUT2D eigenvalue weighted by atomic mass is 10.2. The van der Waals surface area contributed by atoms with Crippen LogP contribution in [0, 0.1) is 0 Å². The average Bonchev–Trinajstić information content (AvgIpc) is 3.31. The standard InChI is InChI=1S/C16H17N7O/c24-16(17-8-11-9-20-22-21-11)14-6-3-7-23(14)15-12-4-1-2-5-13(12)18-10-19-15/h1-2,4-5,9-10,14H,3,6-8H2,(H,17,24)(H,20,21,22)/t14-/m0/s1. The zero-order valence-electron chi connectivity index (χ0n) is 13.0. The van der Waals surface area contributed by atoms with E-state index in [1.54, 1.807) is 12.5 Å². The van der Waals surface area contributed by atoms with Crippen LogP contribution in [0.1, 0.15) is 18.5 Å². The van der Waals surface area contributed by atoms with Crippen LogP contribution >= 0.6 is 0 Å². The first-order valence-corrected chi connectivity index (χ1v) is 7.91. The van der Waals surface area contributed by atoms with Gasteiger partial charge in [-0.1, -0.05) is 12.1 Å². The Balaban J connectivity index is 1.56. The van der Waals surface area contributed by atoms with Gasteiger partial charge in [-0.3, -0.25) is 4.79 Å². The first kappa shape index (κ1) is 14.6. The molecule has 0 bridgehead atoms. The molecule has 0 unspecified atom stereocenters. The molecule has 8 heteroatoms. The minimum Gasteiger partial charge on any atom is -0.349 e. The largest absolute Gasteiger partial charge is 0.349 e. The minimum absolute atomic E-state index is 0.0156. The quantitative estimate of drug-likeness (QED) is 0.744. The van der Waals surface area contributed by atoms with E-state index in [0.29, 0.717) is 12.2 Å². The fourth-order valence-corrected chi connectivity index (χ4v) is 3.12. The third-order valence-corrected chi connectivity index (χ3v) is 4.26. The van der Waals surface area contributed by atoms with Crippen LogP contribution in [-0.2, 0) is 11.3 Å². The number of H-pyrrole nitrogens is 1. The Kier molecular flexibility index (Phi) is 3.78. The van der Waals surface area contributed by atoms with Crippen molar-refractivity contribution in [2.45, 2.75) is 25.4 Å². The maximum absolute atomic E-state index is 12.6. The number of nitrogens with one attached hydrogen (secondary N) is 2. The number of aromatic nitrogens is 5. The molecule has 0 saturated carbocycles. The van der Waals surface area contributed by atoms with E-state index < -0.39 is 0 Å². The first-order valence-electron chi connectivity index (χ1n) is 7.91. The van der Waals surface area contributed by atoms with Gasteiger partial charge in [0.15, 0.2) is 0 Å². The summed E-state index contributed by atoms with van der Waals surface area (Å²) in [6, 6.07) is 7.63. The number of amides is 1. The summed E-state index contributed by atoms with van der Waals surface area (Å²) in [5.41, 5.74) is 1.59. The molecule has 4 rings (SSSR count). The zero-order chi connectivity index (χ0) is 16.4. The van der Waals surface area contributed by atoms with Crippen LogP contribution in [0.4, 0.5) is 5.82 Å². The summed E-state index contributed by atoms with van der Waals surface area (Å²) in [5, 5.41) is 14.1. The zero-order valence-corrected chi connectivity index (χ0v) is 13.0. The van der Waals surface area contributed by atoms with Crippen molar-refractivity contribution in [1.82, 2.24) is 30.7 Å². The van der Waals surface area contributed by atoms with Gasteiger partial charge in [-0.25, -0.2) is 9.97 Å². The molecule has 1 aromatic carbocycles. The highest BCUT2D eigenvalue weighted by Crippen LogP contribution is 2.29. The summed E-state index contributed by atoms with van der Waals surface area (Å²) >= 11 is 0. The number of carbonyl (C=O) groups excluding carboxylic acids is 1. The van der Waals surface area contributed by atoms with Crippen molar-refractivity contribution in [2.75, 3.05) is 11.4 Å². The molecule has 24 heavy (non-hydrogen) atoms. The third-order valence-electron chi connectivity index (χ3n) is 4.26. The Labute approximate surface area is 138 Å². The van der Waals surface area contributed by atoms with E-state index in [9.17, 15) is 4.79 Å². The van der Waals surface area contributed by atoms with Crippen LogP contribution in [0.5, 0.6) is 0 Å².